The minimum atomic E-state index is -4.01. The molecule has 0 fully saturated rings. The van der Waals surface area contributed by atoms with Crippen LogP contribution in [0.5, 0.6) is 11.5 Å². The summed E-state index contributed by atoms with van der Waals surface area (Å²) < 4.78 is 41.8. The molecule has 0 atom stereocenters. The van der Waals surface area contributed by atoms with Gasteiger partial charge in [-0.1, -0.05) is 0 Å². The Hall–Kier alpha value is -5.82. The Bertz CT molecular complexity index is 2030. The average Bonchev–Trinajstić information content (AvgIpc) is 3.06. The van der Waals surface area contributed by atoms with Crippen molar-refractivity contribution in [2.24, 2.45) is 0 Å². The van der Waals surface area contributed by atoms with Gasteiger partial charge in [-0.3, -0.25) is 9.59 Å². The Kier molecular flexibility index (Phi) is 9.24. The smallest absolute Gasteiger partial charge is 0.338 e. The van der Waals surface area contributed by atoms with Crippen LogP contribution < -0.4 is 19.5 Å². The van der Waals surface area contributed by atoms with E-state index in [0.29, 0.717) is 33.9 Å². The van der Waals surface area contributed by atoms with Crippen molar-refractivity contribution in [2.45, 2.75) is 11.8 Å². The van der Waals surface area contributed by atoms with E-state index in [1.165, 1.54) is 30.3 Å². The maximum atomic E-state index is 12.9. The van der Waals surface area contributed by atoms with Crippen molar-refractivity contribution in [3.8, 4) is 34.0 Å². The van der Waals surface area contributed by atoms with E-state index in [4.69, 9.17) is 24.2 Å². The highest BCUT2D eigenvalue weighted by atomic mass is 32.2. The number of fused-ring (bicyclic) bond motifs is 1. The van der Waals surface area contributed by atoms with Gasteiger partial charge in [0, 0.05) is 23.7 Å². The number of benzene rings is 4. The maximum Gasteiger partial charge on any atom is 0.338 e. The number of nitrogens with one attached hydrogen (secondary N) is 2. The SMILES string of the molecule is COc1ccc(-c2nc3ccc(C(=O)OCC(=O)Nc4ccc(S(=O)(=O)NC(C)=O)cc4)cc3nc2-c2ccc(OC)cc2)cc1. The molecule has 5 aromatic rings. The third-order valence-corrected chi connectivity index (χ3v) is 8.14. The van der Waals surface area contributed by atoms with Crippen molar-refractivity contribution in [3.05, 3.63) is 96.6 Å². The zero-order valence-electron chi connectivity index (χ0n) is 24.9. The third-order valence-electron chi connectivity index (χ3n) is 6.69. The number of ether oxygens (including phenoxy) is 3. The van der Waals surface area contributed by atoms with Crippen LogP contribution in [0, 0.1) is 0 Å². The average molecular weight is 641 g/mol. The Morgan fingerprint density at radius 1 is 0.717 bits per heavy atom. The molecule has 46 heavy (non-hydrogen) atoms. The van der Waals surface area contributed by atoms with Crippen LogP contribution in [-0.4, -0.2) is 57.0 Å². The van der Waals surface area contributed by atoms with Gasteiger partial charge in [0.25, 0.3) is 15.9 Å². The van der Waals surface area contributed by atoms with Gasteiger partial charge in [-0.15, -0.1) is 0 Å². The number of nitrogens with zero attached hydrogens (tertiary/aromatic N) is 2. The van der Waals surface area contributed by atoms with Crippen LogP contribution in [0.1, 0.15) is 17.3 Å². The van der Waals surface area contributed by atoms with E-state index in [-0.39, 0.29) is 16.1 Å². The maximum absolute atomic E-state index is 12.9. The molecular weight excluding hydrogens is 612 g/mol. The van der Waals surface area contributed by atoms with Gasteiger partial charge >= 0.3 is 5.97 Å². The lowest BCUT2D eigenvalue weighted by Crippen LogP contribution is -2.28. The molecule has 1 heterocycles. The number of anilines is 1. The van der Waals surface area contributed by atoms with Gasteiger partial charge in [-0.25, -0.2) is 27.9 Å². The number of amides is 2. The van der Waals surface area contributed by atoms with Crippen LogP contribution in [0.4, 0.5) is 5.69 Å². The van der Waals surface area contributed by atoms with E-state index in [0.717, 1.165) is 18.1 Å². The fourth-order valence-electron chi connectivity index (χ4n) is 4.46. The first-order chi connectivity index (χ1) is 22.1. The molecule has 4 aromatic carbocycles. The molecule has 0 aliphatic rings. The van der Waals surface area contributed by atoms with Crippen LogP contribution in [-0.2, 0) is 24.3 Å². The number of carbonyl (C=O) groups excluding carboxylic acids is 3. The second kappa shape index (κ2) is 13.4. The predicted molar refractivity (Wildman–Crippen MR) is 170 cm³/mol. The first-order valence-electron chi connectivity index (χ1n) is 13.8. The highest BCUT2D eigenvalue weighted by molar-refractivity contribution is 7.90. The summed E-state index contributed by atoms with van der Waals surface area (Å²) in [5, 5.41) is 2.52. The predicted octanol–water partition coefficient (Wildman–Crippen LogP) is 4.60. The summed E-state index contributed by atoms with van der Waals surface area (Å²) in [5.41, 5.74) is 4.24. The fraction of sp³-hybridized carbons (Fsp3) is 0.121. The second-order valence-corrected chi connectivity index (χ2v) is 11.6. The summed E-state index contributed by atoms with van der Waals surface area (Å²) in [7, 11) is -0.837. The molecule has 0 saturated heterocycles. The normalized spacial score (nSPS) is 11.0. The number of hydrogen-bond donors (Lipinski definition) is 2. The van der Waals surface area contributed by atoms with E-state index in [9.17, 15) is 22.8 Å². The molecule has 0 aliphatic heterocycles. The van der Waals surface area contributed by atoms with E-state index in [2.05, 4.69) is 5.32 Å². The molecule has 12 nitrogen and oxygen atoms in total. The van der Waals surface area contributed by atoms with E-state index < -0.39 is 34.4 Å². The Morgan fingerprint density at radius 3 is 1.78 bits per heavy atom. The van der Waals surface area contributed by atoms with Crippen LogP contribution >= 0.6 is 0 Å². The van der Waals surface area contributed by atoms with Gasteiger partial charge in [0.1, 0.15) is 11.5 Å². The standard InChI is InChI=1S/C33H28N4O8S/c1-20(38)37-46(41,42)27-15-9-24(10-16-27)34-30(39)19-45-33(40)23-8-17-28-29(18-23)36-32(22-6-13-26(44-3)14-7-22)31(35-28)21-4-11-25(43-2)12-5-21/h4-18H,19H2,1-3H3,(H,34,39)(H,37,38). The zero-order chi connectivity index (χ0) is 32.8. The Morgan fingerprint density at radius 2 is 1.26 bits per heavy atom. The molecule has 0 unspecified atom stereocenters. The number of aromatic nitrogens is 2. The highest BCUT2D eigenvalue weighted by Crippen LogP contribution is 2.33. The molecule has 5 rings (SSSR count). The summed E-state index contributed by atoms with van der Waals surface area (Å²) in [6.07, 6.45) is 0. The number of methoxy groups -OCH3 is 2. The minimum Gasteiger partial charge on any atom is -0.497 e. The molecule has 0 spiro atoms. The number of sulfonamides is 1. The summed E-state index contributed by atoms with van der Waals surface area (Å²) in [6.45, 7) is 0.486. The number of rotatable bonds is 10. The zero-order valence-corrected chi connectivity index (χ0v) is 25.8. The van der Waals surface area contributed by atoms with Crippen molar-refractivity contribution in [2.75, 3.05) is 26.1 Å². The van der Waals surface area contributed by atoms with Crippen LogP contribution in [0.25, 0.3) is 33.5 Å². The van der Waals surface area contributed by atoms with Crippen molar-refractivity contribution >= 4 is 44.5 Å². The molecule has 0 saturated carbocycles. The van der Waals surface area contributed by atoms with Gasteiger partial charge in [0.15, 0.2) is 6.61 Å². The second-order valence-electron chi connectivity index (χ2n) is 9.89. The van der Waals surface area contributed by atoms with Crippen LogP contribution in [0.2, 0.25) is 0 Å². The topological polar surface area (TPSA) is 163 Å². The third kappa shape index (κ3) is 7.27. The van der Waals surface area contributed by atoms with Crippen molar-refractivity contribution in [3.63, 3.8) is 0 Å². The molecule has 2 N–H and O–H groups in total. The van der Waals surface area contributed by atoms with Gasteiger partial charge in [0.05, 0.1) is 47.1 Å². The van der Waals surface area contributed by atoms with Crippen LogP contribution in [0.15, 0.2) is 95.9 Å². The molecule has 0 aliphatic carbocycles. The van der Waals surface area contributed by atoms with E-state index in [1.807, 2.05) is 53.3 Å². The lowest BCUT2D eigenvalue weighted by Gasteiger charge is -2.12. The molecule has 0 radical (unpaired) electrons. The molecule has 2 amide bonds. The Labute approximate surface area is 264 Å². The Balaban J connectivity index is 1.34. The fourth-order valence-corrected chi connectivity index (χ4v) is 5.45. The number of esters is 1. The van der Waals surface area contributed by atoms with Crippen molar-refractivity contribution in [1.29, 1.82) is 0 Å². The lowest BCUT2D eigenvalue weighted by atomic mass is 10.0. The largest absolute Gasteiger partial charge is 0.497 e. The first-order valence-corrected chi connectivity index (χ1v) is 15.3. The number of hydrogen-bond acceptors (Lipinski definition) is 10. The first kappa shape index (κ1) is 31.6. The monoisotopic (exact) mass is 640 g/mol. The molecule has 13 heteroatoms. The van der Waals surface area contributed by atoms with Crippen molar-refractivity contribution in [1.82, 2.24) is 14.7 Å². The van der Waals surface area contributed by atoms with Crippen molar-refractivity contribution < 1.29 is 37.0 Å². The quantitative estimate of drug-likeness (QED) is 0.206. The van der Waals surface area contributed by atoms with E-state index in [1.54, 1.807) is 26.4 Å². The van der Waals surface area contributed by atoms with E-state index >= 15 is 0 Å². The summed E-state index contributed by atoms with van der Waals surface area (Å²) in [5.74, 6) is -0.733. The summed E-state index contributed by atoms with van der Waals surface area (Å²) >= 11 is 0. The molecular formula is C33H28N4O8S. The van der Waals surface area contributed by atoms with Gasteiger partial charge in [-0.2, -0.15) is 0 Å². The lowest BCUT2D eigenvalue weighted by molar-refractivity contribution is -0.119. The minimum absolute atomic E-state index is 0.155. The summed E-state index contributed by atoms with van der Waals surface area (Å²) in [6, 6.07) is 24.7. The number of carbonyl (C=O) groups is 3. The molecule has 0 bridgehead atoms. The molecule has 234 valence electrons. The van der Waals surface area contributed by atoms with Crippen LogP contribution in [0.3, 0.4) is 0 Å². The van der Waals surface area contributed by atoms with Gasteiger partial charge in [-0.05, 0) is 91.0 Å². The summed E-state index contributed by atoms with van der Waals surface area (Å²) in [4.78, 5) is 46.0. The van der Waals surface area contributed by atoms with Gasteiger partial charge in [0.2, 0.25) is 5.91 Å². The molecule has 1 aromatic heterocycles. The highest BCUT2D eigenvalue weighted by Gasteiger charge is 2.18. The van der Waals surface area contributed by atoms with Gasteiger partial charge < -0.3 is 19.5 Å².